The molecule has 114 valence electrons. The molecule has 2 rings (SSSR count). The summed E-state index contributed by atoms with van der Waals surface area (Å²) in [6.07, 6.45) is 0.339. The monoisotopic (exact) mass is 320 g/mol. The maximum atomic E-state index is 13.8. The zero-order chi connectivity index (χ0) is 16.0. The van der Waals surface area contributed by atoms with E-state index in [2.05, 4.69) is 0 Å². The second-order valence-corrected chi connectivity index (χ2v) is 6.23. The molecule has 0 heterocycles. The summed E-state index contributed by atoms with van der Waals surface area (Å²) < 4.78 is 42.4. The molecule has 2 aromatic rings. The van der Waals surface area contributed by atoms with Crippen LogP contribution < -0.4 is 0 Å². The zero-order valence-electron chi connectivity index (χ0n) is 11.5. The highest BCUT2D eigenvalue weighted by atomic mass is 32.2. The molecule has 0 aliphatic heterocycles. The summed E-state index contributed by atoms with van der Waals surface area (Å²) in [5.74, 6) is -1.05. The highest BCUT2D eigenvalue weighted by molar-refractivity contribution is 7.95. The molecule has 0 saturated carbocycles. The van der Waals surface area contributed by atoms with Gasteiger partial charge in [0.25, 0.3) is 0 Å². The average Bonchev–Trinajstić information content (AvgIpc) is 2.54. The molecule has 0 bridgehead atoms. The molecular weight excluding hydrogens is 307 g/mol. The molecule has 0 atom stereocenters. The van der Waals surface area contributed by atoms with Gasteiger partial charge in [-0.3, -0.25) is 0 Å². The van der Waals surface area contributed by atoms with Crippen LogP contribution in [0.15, 0.2) is 76.8 Å². The van der Waals surface area contributed by atoms with Crippen molar-refractivity contribution in [2.45, 2.75) is 11.5 Å². The van der Waals surface area contributed by atoms with Crippen LogP contribution in [0.5, 0.6) is 0 Å². The van der Waals surface area contributed by atoms with E-state index < -0.39 is 21.0 Å². The van der Waals surface area contributed by atoms with Gasteiger partial charge in [-0.25, -0.2) is 13.2 Å². The first kappa shape index (κ1) is 15.9. The van der Waals surface area contributed by atoms with E-state index in [9.17, 15) is 17.6 Å². The molecule has 0 saturated heterocycles. The van der Waals surface area contributed by atoms with Crippen molar-refractivity contribution >= 4 is 15.8 Å². The Morgan fingerprint density at radius 2 is 1.55 bits per heavy atom. The summed E-state index contributed by atoms with van der Waals surface area (Å²) in [6, 6.07) is 15.8. The lowest BCUT2D eigenvalue weighted by molar-refractivity contribution is -0.139. The van der Waals surface area contributed by atoms with Gasteiger partial charge in [-0.05, 0) is 17.7 Å². The molecule has 0 fully saturated rings. The molecule has 0 aliphatic rings. The molecular formula is C16H13FO4S. The van der Waals surface area contributed by atoms with E-state index in [4.69, 9.17) is 4.74 Å². The minimum absolute atomic E-state index is 0.0607. The Balaban J connectivity index is 2.07. The predicted octanol–water partition coefficient (Wildman–Crippen LogP) is 3.01. The molecule has 0 radical (unpaired) electrons. The van der Waals surface area contributed by atoms with Crippen molar-refractivity contribution < 1.29 is 22.3 Å². The summed E-state index contributed by atoms with van der Waals surface area (Å²) in [5.41, 5.74) is 0.718. The van der Waals surface area contributed by atoms with Crippen molar-refractivity contribution in [2.75, 3.05) is 0 Å². The van der Waals surface area contributed by atoms with Crippen molar-refractivity contribution in [1.29, 1.82) is 0 Å². The number of rotatable bonds is 5. The third-order valence-corrected chi connectivity index (χ3v) is 4.29. The normalized spacial score (nSPS) is 12.0. The molecule has 0 aliphatic carbocycles. The Hall–Kier alpha value is -2.47. The van der Waals surface area contributed by atoms with Gasteiger partial charge in [-0.15, -0.1) is 0 Å². The number of esters is 1. The average molecular weight is 320 g/mol. The molecule has 4 nitrogen and oxygen atoms in total. The van der Waals surface area contributed by atoms with Crippen LogP contribution in [0.3, 0.4) is 0 Å². The second-order valence-electron chi connectivity index (χ2n) is 4.36. The SMILES string of the molecule is O=C(/C=C(\F)S(=O)(=O)c1ccccc1)OCc1ccccc1. The van der Waals surface area contributed by atoms with Crippen molar-refractivity contribution in [1.82, 2.24) is 0 Å². The maximum Gasteiger partial charge on any atom is 0.334 e. The molecule has 2 aromatic carbocycles. The lowest BCUT2D eigenvalue weighted by Gasteiger charge is -2.03. The largest absolute Gasteiger partial charge is 0.458 e. The number of ether oxygens (including phenoxy) is 1. The van der Waals surface area contributed by atoms with Crippen LogP contribution >= 0.6 is 0 Å². The summed E-state index contributed by atoms with van der Waals surface area (Å²) in [5, 5.41) is -1.54. The molecule has 0 N–H and O–H groups in total. The van der Waals surface area contributed by atoms with E-state index in [0.717, 1.165) is 5.56 Å². The highest BCUT2D eigenvalue weighted by Crippen LogP contribution is 2.19. The number of hydrogen-bond donors (Lipinski definition) is 0. The van der Waals surface area contributed by atoms with Crippen molar-refractivity contribution in [3.8, 4) is 0 Å². The summed E-state index contributed by atoms with van der Waals surface area (Å²) in [4.78, 5) is 11.3. The van der Waals surface area contributed by atoms with E-state index in [1.807, 2.05) is 0 Å². The van der Waals surface area contributed by atoms with Crippen molar-refractivity contribution in [3.63, 3.8) is 0 Å². The van der Waals surface area contributed by atoms with Gasteiger partial charge in [-0.2, -0.15) is 4.39 Å². The molecule has 0 amide bonds. The molecule has 22 heavy (non-hydrogen) atoms. The van der Waals surface area contributed by atoms with Gasteiger partial charge >= 0.3 is 5.97 Å². The van der Waals surface area contributed by atoms with Gasteiger partial charge in [-0.1, -0.05) is 48.5 Å². The fourth-order valence-electron chi connectivity index (χ4n) is 1.65. The fourth-order valence-corrected chi connectivity index (χ4v) is 2.64. The maximum absolute atomic E-state index is 13.8. The Labute approximate surface area is 127 Å². The van der Waals surface area contributed by atoms with E-state index in [1.54, 1.807) is 36.4 Å². The third-order valence-electron chi connectivity index (χ3n) is 2.77. The van der Waals surface area contributed by atoms with Gasteiger partial charge in [0, 0.05) is 0 Å². The number of carbonyl (C=O) groups excluding carboxylic acids is 1. The fraction of sp³-hybridized carbons (Fsp3) is 0.0625. The molecule has 6 heteroatoms. The molecule has 0 aromatic heterocycles. The quantitative estimate of drug-likeness (QED) is 0.627. The number of halogens is 1. The van der Waals surface area contributed by atoms with Crippen LogP contribution in [0.2, 0.25) is 0 Å². The van der Waals surface area contributed by atoms with E-state index in [-0.39, 0.29) is 11.5 Å². The second kappa shape index (κ2) is 7.00. The van der Waals surface area contributed by atoms with Crippen molar-refractivity contribution in [2.24, 2.45) is 0 Å². The first-order valence-electron chi connectivity index (χ1n) is 6.38. The first-order valence-corrected chi connectivity index (χ1v) is 7.86. The summed E-state index contributed by atoms with van der Waals surface area (Å²) in [7, 11) is -4.32. The smallest absolute Gasteiger partial charge is 0.334 e. The Morgan fingerprint density at radius 3 is 2.14 bits per heavy atom. The van der Waals surface area contributed by atoms with Crippen LogP contribution in [0, 0.1) is 0 Å². The number of sulfone groups is 1. The summed E-state index contributed by atoms with van der Waals surface area (Å²) in [6.45, 7) is -0.0607. The number of carbonyl (C=O) groups is 1. The Morgan fingerprint density at radius 1 is 1.00 bits per heavy atom. The number of hydrogen-bond acceptors (Lipinski definition) is 4. The Kier molecular flexibility index (Phi) is 5.06. The van der Waals surface area contributed by atoms with Gasteiger partial charge in [0.05, 0.1) is 11.0 Å². The van der Waals surface area contributed by atoms with Crippen LogP contribution in [0.4, 0.5) is 4.39 Å². The molecule has 0 unspecified atom stereocenters. The van der Waals surface area contributed by atoms with Gasteiger partial charge in [0.15, 0.2) is 0 Å². The van der Waals surface area contributed by atoms with Crippen LogP contribution in [0.25, 0.3) is 0 Å². The minimum atomic E-state index is -4.32. The van der Waals surface area contributed by atoms with E-state index in [1.165, 1.54) is 24.3 Å². The predicted molar refractivity (Wildman–Crippen MR) is 79.1 cm³/mol. The first-order chi connectivity index (χ1) is 10.5. The van der Waals surface area contributed by atoms with Crippen molar-refractivity contribution in [3.05, 3.63) is 77.5 Å². The third kappa shape index (κ3) is 4.02. The lowest BCUT2D eigenvalue weighted by atomic mass is 10.2. The van der Waals surface area contributed by atoms with E-state index in [0.29, 0.717) is 6.08 Å². The topological polar surface area (TPSA) is 60.4 Å². The summed E-state index contributed by atoms with van der Waals surface area (Å²) >= 11 is 0. The Bertz CT molecular complexity index is 768. The van der Waals surface area contributed by atoms with Crippen LogP contribution in [-0.4, -0.2) is 14.4 Å². The van der Waals surface area contributed by atoms with Gasteiger partial charge < -0.3 is 4.74 Å². The number of benzene rings is 2. The van der Waals surface area contributed by atoms with Gasteiger partial charge in [0.1, 0.15) is 6.61 Å². The molecule has 0 spiro atoms. The van der Waals surface area contributed by atoms with E-state index >= 15 is 0 Å². The lowest BCUT2D eigenvalue weighted by Crippen LogP contribution is -2.06. The minimum Gasteiger partial charge on any atom is -0.458 e. The van der Waals surface area contributed by atoms with Gasteiger partial charge in [0.2, 0.25) is 15.0 Å². The van der Waals surface area contributed by atoms with Crippen LogP contribution in [-0.2, 0) is 26.0 Å². The standard InChI is InChI=1S/C16H13FO4S/c17-15(22(19,20)14-9-5-2-6-10-14)11-16(18)21-12-13-7-3-1-4-8-13/h1-11H,12H2/b15-11+. The zero-order valence-corrected chi connectivity index (χ0v) is 12.3. The van der Waals surface area contributed by atoms with Crippen LogP contribution in [0.1, 0.15) is 5.56 Å². The highest BCUT2D eigenvalue weighted by Gasteiger charge is 2.22.